The molecule has 0 aromatic heterocycles. The van der Waals surface area contributed by atoms with Crippen LogP contribution in [0.2, 0.25) is 5.02 Å². The van der Waals surface area contributed by atoms with Gasteiger partial charge in [-0.2, -0.15) is 0 Å². The van der Waals surface area contributed by atoms with Crippen molar-refractivity contribution in [2.45, 2.75) is 13.8 Å². The summed E-state index contributed by atoms with van der Waals surface area (Å²) in [7, 11) is 0. The molecule has 1 aromatic carbocycles. The number of aryl methyl sites for hydroxylation is 1. The Balaban J connectivity index is 1.58. The smallest absolute Gasteiger partial charge is 0.140 e. The molecular weight excluding hydrogens is 380 g/mol. The predicted molar refractivity (Wildman–Crippen MR) is 97.0 cm³/mol. The monoisotopic (exact) mass is 406 g/mol. The third kappa shape index (κ3) is 6.24. The third-order valence-corrected chi connectivity index (χ3v) is 5.17. The average Bonchev–Trinajstić information content (AvgIpc) is 2.53. The molecule has 0 atom stereocenters. The quantitative estimate of drug-likeness (QED) is 0.618. The molecule has 130 valence electrons. The van der Waals surface area contributed by atoms with Gasteiger partial charge in [0.15, 0.2) is 0 Å². The molecule has 1 aliphatic rings. The molecule has 1 fully saturated rings. The lowest BCUT2D eigenvalue weighted by atomic mass is 10.2. The molecule has 0 bridgehead atoms. The Morgan fingerprint density at radius 1 is 1.09 bits per heavy atom. The highest BCUT2D eigenvalue weighted by Crippen LogP contribution is 2.31. The van der Waals surface area contributed by atoms with Crippen molar-refractivity contribution in [1.29, 1.82) is 0 Å². The number of ether oxygens (including phenoxy) is 2. The van der Waals surface area contributed by atoms with E-state index in [-0.39, 0.29) is 0 Å². The zero-order valence-corrected chi connectivity index (χ0v) is 16.4. The molecule has 0 saturated carbocycles. The van der Waals surface area contributed by atoms with Crippen LogP contribution in [0.25, 0.3) is 0 Å². The van der Waals surface area contributed by atoms with Crippen molar-refractivity contribution in [3.8, 4) is 5.75 Å². The first kappa shape index (κ1) is 19.0. The van der Waals surface area contributed by atoms with Crippen molar-refractivity contribution in [2.24, 2.45) is 0 Å². The molecule has 0 amide bonds. The molecule has 0 aliphatic carbocycles. The summed E-state index contributed by atoms with van der Waals surface area (Å²) in [6.07, 6.45) is 0. The Morgan fingerprint density at radius 3 is 2.43 bits per heavy atom. The average molecular weight is 408 g/mol. The van der Waals surface area contributed by atoms with Crippen LogP contribution in [0.3, 0.4) is 0 Å². The van der Waals surface area contributed by atoms with Crippen LogP contribution in [-0.4, -0.2) is 59.1 Å². The Bertz CT molecular complexity index is 470. The van der Waals surface area contributed by atoms with E-state index in [1.54, 1.807) is 9.80 Å². The van der Waals surface area contributed by atoms with E-state index in [0.717, 1.165) is 28.9 Å². The SMILES string of the molecule is CC[NH+]1CC[NH+](CCOCCOc2c(C)cc(Br)cc2Cl)CC1. The normalized spacial score (nSPS) is 21.4. The van der Waals surface area contributed by atoms with Gasteiger partial charge in [0.25, 0.3) is 0 Å². The second kappa shape index (κ2) is 9.84. The van der Waals surface area contributed by atoms with Crippen LogP contribution >= 0.6 is 27.5 Å². The lowest BCUT2D eigenvalue weighted by molar-refractivity contribution is -1.01. The number of nitrogens with one attached hydrogen (secondary N) is 2. The van der Waals surface area contributed by atoms with Gasteiger partial charge in [0.2, 0.25) is 0 Å². The zero-order chi connectivity index (χ0) is 16.7. The molecule has 1 saturated heterocycles. The Morgan fingerprint density at radius 2 is 1.78 bits per heavy atom. The van der Waals surface area contributed by atoms with Crippen LogP contribution in [-0.2, 0) is 4.74 Å². The highest BCUT2D eigenvalue weighted by atomic mass is 79.9. The lowest BCUT2D eigenvalue weighted by Gasteiger charge is -2.28. The minimum atomic E-state index is 0.533. The molecule has 0 unspecified atom stereocenters. The predicted octanol–water partition coefficient (Wildman–Crippen LogP) is 0.610. The molecular formula is C17H28BrClN2O2+2. The molecule has 0 radical (unpaired) electrons. The van der Waals surface area contributed by atoms with Gasteiger partial charge < -0.3 is 19.3 Å². The number of piperazine rings is 1. The number of benzene rings is 1. The van der Waals surface area contributed by atoms with E-state index in [1.165, 1.54) is 32.7 Å². The molecule has 0 spiro atoms. The van der Waals surface area contributed by atoms with Crippen LogP contribution in [0.4, 0.5) is 0 Å². The van der Waals surface area contributed by atoms with E-state index in [2.05, 4.69) is 22.9 Å². The number of halogens is 2. The maximum atomic E-state index is 6.20. The van der Waals surface area contributed by atoms with Gasteiger partial charge in [0.1, 0.15) is 45.1 Å². The van der Waals surface area contributed by atoms with Crippen LogP contribution in [0.15, 0.2) is 16.6 Å². The molecule has 6 heteroatoms. The van der Waals surface area contributed by atoms with E-state index >= 15 is 0 Å². The molecule has 4 nitrogen and oxygen atoms in total. The van der Waals surface area contributed by atoms with Crippen LogP contribution in [0.5, 0.6) is 5.75 Å². The summed E-state index contributed by atoms with van der Waals surface area (Å²) >= 11 is 9.63. The number of quaternary nitrogens is 2. The van der Waals surface area contributed by atoms with Crippen LogP contribution < -0.4 is 14.5 Å². The minimum Gasteiger partial charge on any atom is -0.489 e. The van der Waals surface area contributed by atoms with Crippen molar-refractivity contribution < 1.29 is 19.3 Å². The summed E-state index contributed by atoms with van der Waals surface area (Å²) in [5, 5.41) is 0.637. The van der Waals surface area contributed by atoms with Crippen molar-refractivity contribution in [3.05, 3.63) is 27.2 Å². The molecule has 23 heavy (non-hydrogen) atoms. The standard InChI is InChI=1S/C17H26BrClN2O2/c1-3-20-4-6-21(7-5-20)8-9-22-10-11-23-17-14(2)12-15(18)13-16(17)19/h12-13H,3-11H2,1-2H3/p+2. The van der Waals surface area contributed by atoms with Crippen molar-refractivity contribution in [2.75, 3.05) is 59.1 Å². The van der Waals surface area contributed by atoms with Gasteiger partial charge in [-0.3, -0.25) is 0 Å². The van der Waals surface area contributed by atoms with E-state index < -0.39 is 0 Å². The van der Waals surface area contributed by atoms with E-state index in [0.29, 0.717) is 18.2 Å². The topological polar surface area (TPSA) is 27.3 Å². The summed E-state index contributed by atoms with van der Waals surface area (Å²) in [5.74, 6) is 0.753. The fraction of sp³-hybridized carbons (Fsp3) is 0.647. The van der Waals surface area contributed by atoms with Gasteiger partial charge in [-0.1, -0.05) is 27.5 Å². The van der Waals surface area contributed by atoms with E-state index in [1.807, 2.05) is 19.1 Å². The van der Waals surface area contributed by atoms with E-state index in [9.17, 15) is 0 Å². The second-order valence-corrected chi connectivity index (χ2v) is 7.42. The van der Waals surface area contributed by atoms with E-state index in [4.69, 9.17) is 21.1 Å². The van der Waals surface area contributed by atoms with Crippen LogP contribution in [0, 0.1) is 6.92 Å². The Labute approximate surface area is 152 Å². The van der Waals surface area contributed by atoms with Crippen LogP contribution in [0.1, 0.15) is 12.5 Å². The van der Waals surface area contributed by atoms with Gasteiger partial charge >= 0.3 is 0 Å². The summed E-state index contributed by atoms with van der Waals surface area (Å²) in [6.45, 7) is 13.6. The van der Waals surface area contributed by atoms with Gasteiger partial charge in [-0.25, -0.2) is 0 Å². The summed E-state index contributed by atoms with van der Waals surface area (Å²) in [6, 6.07) is 3.86. The number of hydrogen-bond donors (Lipinski definition) is 2. The molecule has 2 rings (SSSR count). The maximum Gasteiger partial charge on any atom is 0.140 e. The number of rotatable bonds is 8. The fourth-order valence-electron chi connectivity index (χ4n) is 2.95. The Kier molecular flexibility index (Phi) is 8.13. The van der Waals surface area contributed by atoms with Gasteiger partial charge in [0, 0.05) is 4.47 Å². The fourth-order valence-corrected chi connectivity index (χ4v) is 3.98. The summed E-state index contributed by atoms with van der Waals surface area (Å²) in [4.78, 5) is 3.39. The largest absolute Gasteiger partial charge is 0.489 e. The third-order valence-electron chi connectivity index (χ3n) is 4.43. The lowest BCUT2D eigenvalue weighted by Crippen LogP contribution is -3.28. The van der Waals surface area contributed by atoms with Crippen molar-refractivity contribution >= 4 is 27.5 Å². The molecule has 1 aromatic rings. The summed E-state index contributed by atoms with van der Waals surface area (Å²) < 4.78 is 12.4. The number of likely N-dealkylation sites (N-methyl/N-ethyl adjacent to an activating group) is 1. The molecule has 2 N–H and O–H groups in total. The van der Waals surface area contributed by atoms with Gasteiger partial charge in [0.05, 0.1) is 24.8 Å². The van der Waals surface area contributed by atoms with Gasteiger partial charge in [-0.15, -0.1) is 0 Å². The van der Waals surface area contributed by atoms with Gasteiger partial charge in [-0.05, 0) is 31.5 Å². The summed E-state index contributed by atoms with van der Waals surface area (Å²) in [5.41, 5.74) is 1.03. The Hall–Kier alpha value is -0.330. The first-order valence-corrected chi connectivity index (χ1v) is 9.60. The number of hydrogen-bond acceptors (Lipinski definition) is 2. The van der Waals surface area contributed by atoms with Crippen molar-refractivity contribution in [3.63, 3.8) is 0 Å². The minimum absolute atomic E-state index is 0.533. The highest BCUT2D eigenvalue weighted by molar-refractivity contribution is 9.10. The maximum absolute atomic E-state index is 6.20. The first-order valence-electron chi connectivity index (χ1n) is 8.43. The first-order chi connectivity index (χ1) is 11.1. The molecule has 1 aliphatic heterocycles. The second-order valence-electron chi connectivity index (χ2n) is 6.10. The molecule has 1 heterocycles. The van der Waals surface area contributed by atoms with Crippen molar-refractivity contribution in [1.82, 2.24) is 0 Å². The highest BCUT2D eigenvalue weighted by Gasteiger charge is 2.20. The zero-order valence-electron chi connectivity index (χ0n) is 14.1.